The van der Waals surface area contributed by atoms with Crippen molar-refractivity contribution >= 4 is 11.6 Å². The highest BCUT2D eigenvalue weighted by Crippen LogP contribution is 2.19. The number of rotatable bonds is 5. The summed E-state index contributed by atoms with van der Waals surface area (Å²) >= 11 is 0. The number of piperidine rings is 1. The van der Waals surface area contributed by atoms with E-state index >= 15 is 0 Å². The Bertz CT molecular complexity index is 644. The highest BCUT2D eigenvalue weighted by atomic mass is 16.2. The van der Waals surface area contributed by atoms with Gasteiger partial charge in [-0.1, -0.05) is 48.5 Å². The van der Waals surface area contributed by atoms with Crippen LogP contribution in [0.15, 0.2) is 60.7 Å². The van der Waals surface area contributed by atoms with Gasteiger partial charge in [-0.25, -0.2) is 0 Å². The Morgan fingerprint density at radius 1 is 1.12 bits per heavy atom. The van der Waals surface area contributed by atoms with Crippen molar-refractivity contribution < 1.29 is 4.79 Å². The van der Waals surface area contributed by atoms with E-state index in [9.17, 15) is 4.79 Å². The molecule has 0 aromatic heterocycles. The Morgan fingerprint density at radius 2 is 1.79 bits per heavy atom. The second-order valence-corrected chi connectivity index (χ2v) is 6.43. The molecule has 1 heterocycles. The molecule has 4 heteroatoms. The quantitative estimate of drug-likeness (QED) is 0.888. The van der Waals surface area contributed by atoms with Gasteiger partial charge in [-0.05, 0) is 37.0 Å². The molecule has 2 unspecified atom stereocenters. The van der Waals surface area contributed by atoms with Gasteiger partial charge in [0.25, 0.3) is 0 Å². The Morgan fingerprint density at radius 3 is 2.50 bits per heavy atom. The van der Waals surface area contributed by atoms with Gasteiger partial charge in [-0.3, -0.25) is 4.79 Å². The van der Waals surface area contributed by atoms with E-state index in [1.807, 2.05) is 48.5 Å². The molecule has 126 valence electrons. The van der Waals surface area contributed by atoms with Crippen molar-refractivity contribution in [1.29, 1.82) is 0 Å². The van der Waals surface area contributed by atoms with E-state index in [1.54, 1.807) is 0 Å². The molecule has 0 spiro atoms. The summed E-state index contributed by atoms with van der Waals surface area (Å²) in [5.41, 5.74) is 8.39. The van der Waals surface area contributed by atoms with Crippen LogP contribution < -0.4 is 16.0 Å². The standard InChI is InChI=1S/C20H25N3O/c21-19(14-16-8-3-1-4-9-16)20(24)22-17-10-7-13-23(15-17)18-11-5-2-6-12-18/h1-6,8-9,11-12,17,19H,7,10,13-15,21H2,(H,22,24). The highest BCUT2D eigenvalue weighted by molar-refractivity contribution is 5.82. The van der Waals surface area contributed by atoms with Gasteiger partial charge in [0.15, 0.2) is 0 Å². The molecule has 3 N–H and O–H groups in total. The fraction of sp³-hybridized carbons (Fsp3) is 0.350. The molecule has 24 heavy (non-hydrogen) atoms. The van der Waals surface area contributed by atoms with Gasteiger partial charge in [-0.15, -0.1) is 0 Å². The zero-order valence-electron chi connectivity index (χ0n) is 13.9. The number of hydrogen-bond acceptors (Lipinski definition) is 3. The third-order valence-electron chi connectivity index (χ3n) is 4.52. The summed E-state index contributed by atoms with van der Waals surface area (Å²) in [4.78, 5) is 14.7. The van der Waals surface area contributed by atoms with Crippen LogP contribution in [0, 0.1) is 0 Å². The van der Waals surface area contributed by atoms with E-state index in [0.29, 0.717) is 6.42 Å². The lowest BCUT2D eigenvalue weighted by Crippen LogP contribution is -2.52. The number of carbonyl (C=O) groups is 1. The van der Waals surface area contributed by atoms with E-state index in [-0.39, 0.29) is 11.9 Å². The van der Waals surface area contributed by atoms with Crippen LogP contribution in [-0.4, -0.2) is 31.1 Å². The normalized spacial score (nSPS) is 18.9. The number of nitrogens with zero attached hydrogens (tertiary/aromatic N) is 1. The van der Waals surface area contributed by atoms with E-state index < -0.39 is 6.04 Å². The molecule has 4 nitrogen and oxygen atoms in total. The second kappa shape index (κ2) is 7.97. The Balaban J connectivity index is 1.54. The first-order valence-electron chi connectivity index (χ1n) is 8.62. The summed E-state index contributed by atoms with van der Waals surface area (Å²) in [7, 11) is 0. The lowest BCUT2D eigenvalue weighted by atomic mass is 10.0. The summed E-state index contributed by atoms with van der Waals surface area (Å²) in [6, 6.07) is 19.9. The van der Waals surface area contributed by atoms with Crippen LogP contribution in [0.2, 0.25) is 0 Å². The molecule has 0 saturated carbocycles. The van der Waals surface area contributed by atoms with Crippen LogP contribution in [0.1, 0.15) is 18.4 Å². The first-order valence-corrected chi connectivity index (χ1v) is 8.62. The minimum absolute atomic E-state index is 0.0567. The Hall–Kier alpha value is -2.33. The van der Waals surface area contributed by atoms with Gasteiger partial charge < -0.3 is 16.0 Å². The molecule has 0 aliphatic carbocycles. The number of para-hydroxylation sites is 1. The Kier molecular flexibility index (Phi) is 5.49. The number of nitrogens with two attached hydrogens (primary N) is 1. The van der Waals surface area contributed by atoms with Crippen molar-refractivity contribution in [3.8, 4) is 0 Å². The number of amides is 1. The van der Waals surface area contributed by atoms with E-state index in [4.69, 9.17) is 5.73 Å². The molecular weight excluding hydrogens is 298 g/mol. The van der Waals surface area contributed by atoms with Crippen LogP contribution in [0.25, 0.3) is 0 Å². The maximum atomic E-state index is 12.4. The van der Waals surface area contributed by atoms with Crippen molar-refractivity contribution in [2.75, 3.05) is 18.0 Å². The summed E-state index contributed by atoms with van der Waals surface area (Å²) in [5, 5.41) is 3.13. The van der Waals surface area contributed by atoms with E-state index in [0.717, 1.165) is 31.5 Å². The first kappa shape index (κ1) is 16.5. The minimum Gasteiger partial charge on any atom is -0.369 e. The zero-order valence-corrected chi connectivity index (χ0v) is 13.9. The SMILES string of the molecule is NC(Cc1ccccc1)C(=O)NC1CCCN(c2ccccc2)C1. The number of nitrogens with one attached hydrogen (secondary N) is 1. The van der Waals surface area contributed by atoms with Gasteiger partial charge in [0.1, 0.15) is 0 Å². The zero-order chi connectivity index (χ0) is 16.8. The average molecular weight is 323 g/mol. The third-order valence-corrected chi connectivity index (χ3v) is 4.52. The highest BCUT2D eigenvalue weighted by Gasteiger charge is 2.23. The molecule has 0 radical (unpaired) electrons. The molecule has 1 fully saturated rings. The van der Waals surface area contributed by atoms with Crippen LogP contribution in [0.5, 0.6) is 0 Å². The van der Waals surface area contributed by atoms with Gasteiger partial charge in [-0.2, -0.15) is 0 Å². The molecule has 1 aliphatic rings. The largest absolute Gasteiger partial charge is 0.369 e. The van der Waals surface area contributed by atoms with E-state index in [1.165, 1.54) is 5.69 Å². The van der Waals surface area contributed by atoms with Gasteiger partial charge >= 0.3 is 0 Å². The van der Waals surface area contributed by atoms with Gasteiger partial charge in [0.2, 0.25) is 5.91 Å². The fourth-order valence-corrected chi connectivity index (χ4v) is 3.24. The van der Waals surface area contributed by atoms with Crippen LogP contribution in [-0.2, 0) is 11.2 Å². The van der Waals surface area contributed by atoms with Gasteiger partial charge in [0, 0.05) is 24.8 Å². The Labute approximate surface area is 143 Å². The number of anilines is 1. The van der Waals surface area contributed by atoms with Crippen molar-refractivity contribution in [3.63, 3.8) is 0 Å². The summed E-state index contributed by atoms with van der Waals surface area (Å²) in [6.45, 7) is 1.88. The maximum absolute atomic E-state index is 12.4. The van der Waals surface area contributed by atoms with Crippen LogP contribution >= 0.6 is 0 Å². The van der Waals surface area contributed by atoms with Crippen molar-refractivity contribution in [2.24, 2.45) is 5.73 Å². The summed E-state index contributed by atoms with van der Waals surface area (Å²) in [5.74, 6) is -0.0567. The molecule has 2 atom stereocenters. The van der Waals surface area contributed by atoms with Crippen molar-refractivity contribution in [2.45, 2.75) is 31.3 Å². The molecular formula is C20H25N3O. The molecule has 1 saturated heterocycles. The van der Waals surface area contributed by atoms with Crippen molar-refractivity contribution in [3.05, 3.63) is 66.2 Å². The molecule has 0 bridgehead atoms. The van der Waals surface area contributed by atoms with Gasteiger partial charge in [0.05, 0.1) is 6.04 Å². The lowest BCUT2D eigenvalue weighted by Gasteiger charge is -2.35. The third kappa shape index (κ3) is 4.36. The molecule has 3 rings (SSSR count). The minimum atomic E-state index is -0.500. The van der Waals surface area contributed by atoms with Crippen LogP contribution in [0.4, 0.5) is 5.69 Å². The first-order chi connectivity index (χ1) is 11.7. The monoisotopic (exact) mass is 323 g/mol. The lowest BCUT2D eigenvalue weighted by molar-refractivity contribution is -0.123. The second-order valence-electron chi connectivity index (χ2n) is 6.43. The number of carbonyl (C=O) groups excluding carboxylic acids is 1. The smallest absolute Gasteiger partial charge is 0.237 e. The molecule has 2 aromatic carbocycles. The summed E-state index contributed by atoms with van der Waals surface area (Å²) in [6.07, 6.45) is 2.66. The topological polar surface area (TPSA) is 58.4 Å². The number of benzene rings is 2. The predicted octanol–water partition coefficient (Wildman–Crippen LogP) is 2.34. The van der Waals surface area contributed by atoms with E-state index in [2.05, 4.69) is 22.3 Å². The summed E-state index contributed by atoms with van der Waals surface area (Å²) < 4.78 is 0. The fourth-order valence-electron chi connectivity index (χ4n) is 3.24. The van der Waals surface area contributed by atoms with Crippen LogP contribution in [0.3, 0.4) is 0 Å². The van der Waals surface area contributed by atoms with Crippen molar-refractivity contribution in [1.82, 2.24) is 5.32 Å². The molecule has 2 aromatic rings. The maximum Gasteiger partial charge on any atom is 0.237 e. The average Bonchev–Trinajstić information content (AvgIpc) is 2.63. The molecule has 1 aliphatic heterocycles. The molecule has 1 amide bonds. The number of hydrogen-bond donors (Lipinski definition) is 2. The predicted molar refractivity (Wildman–Crippen MR) is 97.9 cm³/mol.